The van der Waals surface area contributed by atoms with Gasteiger partial charge >= 0.3 is 0 Å². The maximum atomic E-state index is 12.4. The molecular formula is C18H20N2O5S. The zero-order chi connectivity index (χ0) is 18.6. The van der Waals surface area contributed by atoms with Gasteiger partial charge in [-0.05, 0) is 17.7 Å². The molecule has 0 saturated carbocycles. The highest BCUT2D eigenvalue weighted by Crippen LogP contribution is 2.33. The van der Waals surface area contributed by atoms with Crippen molar-refractivity contribution in [3.8, 4) is 11.5 Å². The minimum absolute atomic E-state index is 0.0827. The van der Waals surface area contributed by atoms with E-state index in [4.69, 9.17) is 9.47 Å². The fourth-order valence-corrected chi connectivity index (χ4v) is 3.63. The lowest BCUT2D eigenvalue weighted by Crippen LogP contribution is -2.37. The number of carbonyl (C=O) groups excluding carboxylic acids is 1. The first-order valence-electron chi connectivity index (χ1n) is 8.14. The smallest absolute Gasteiger partial charge is 0.240 e. The molecule has 0 aromatic heterocycles. The number of nitrogens with one attached hydrogen (secondary N) is 1. The summed E-state index contributed by atoms with van der Waals surface area (Å²) in [5.74, 6) is 0.813. The van der Waals surface area contributed by atoms with Crippen LogP contribution >= 0.6 is 0 Å². The van der Waals surface area contributed by atoms with Crippen molar-refractivity contribution in [2.45, 2.75) is 18.4 Å². The number of rotatable bonds is 7. The van der Waals surface area contributed by atoms with Gasteiger partial charge in [0.2, 0.25) is 22.7 Å². The van der Waals surface area contributed by atoms with Crippen molar-refractivity contribution < 1.29 is 22.7 Å². The molecule has 7 nitrogen and oxygen atoms in total. The quantitative estimate of drug-likeness (QED) is 0.796. The van der Waals surface area contributed by atoms with Crippen molar-refractivity contribution in [3.63, 3.8) is 0 Å². The predicted molar refractivity (Wildman–Crippen MR) is 95.3 cm³/mol. The number of ether oxygens (including phenoxy) is 2. The Balaban J connectivity index is 1.60. The van der Waals surface area contributed by atoms with Gasteiger partial charge in [0.15, 0.2) is 11.5 Å². The van der Waals surface area contributed by atoms with Crippen molar-refractivity contribution in [2.75, 3.05) is 19.9 Å². The molecule has 26 heavy (non-hydrogen) atoms. The minimum atomic E-state index is -3.70. The lowest BCUT2D eigenvalue weighted by molar-refractivity contribution is -0.129. The highest BCUT2D eigenvalue weighted by atomic mass is 32.2. The van der Waals surface area contributed by atoms with Gasteiger partial charge in [0.25, 0.3) is 0 Å². The Morgan fingerprint density at radius 1 is 1.12 bits per heavy atom. The van der Waals surface area contributed by atoms with Crippen molar-refractivity contribution in [1.82, 2.24) is 9.62 Å². The summed E-state index contributed by atoms with van der Waals surface area (Å²) in [5.41, 5.74) is 0.987. The maximum absolute atomic E-state index is 12.4. The molecule has 3 rings (SSSR count). The van der Waals surface area contributed by atoms with Crippen LogP contribution in [-0.4, -0.2) is 39.1 Å². The van der Waals surface area contributed by atoms with Gasteiger partial charge in [-0.3, -0.25) is 4.79 Å². The van der Waals surface area contributed by atoms with Crippen LogP contribution in [0.25, 0.3) is 0 Å². The average molecular weight is 376 g/mol. The first-order valence-corrected chi connectivity index (χ1v) is 9.63. The second kappa shape index (κ2) is 7.76. The second-order valence-electron chi connectivity index (χ2n) is 5.84. The molecule has 138 valence electrons. The third-order valence-electron chi connectivity index (χ3n) is 3.99. The van der Waals surface area contributed by atoms with Crippen molar-refractivity contribution in [2.24, 2.45) is 0 Å². The number of benzene rings is 2. The van der Waals surface area contributed by atoms with E-state index in [1.165, 1.54) is 19.1 Å². The predicted octanol–water partition coefficient (Wildman–Crippen LogP) is 1.74. The van der Waals surface area contributed by atoms with Crippen LogP contribution in [0.1, 0.15) is 12.5 Å². The van der Waals surface area contributed by atoms with E-state index in [0.717, 1.165) is 5.56 Å². The molecule has 0 fully saturated rings. The summed E-state index contributed by atoms with van der Waals surface area (Å²) in [4.78, 5) is 13.5. The monoisotopic (exact) mass is 376 g/mol. The van der Waals surface area contributed by atoms with E-state index in [1.54, 1.807) is 11.0 Å². The lowest BCUT2D eigenvalue weighted by Gasteiger charge is -2.21. The number of nitrogens with zero attached hydrogens (tertiary/aromatic N) is 1. The van der Waals surface area contributed by atoms with Gasteiger partial charge in [-0.1, -0.05) is 30.3 Å². The van der Waals surface area contributed by atoms with Gasteiger partial charge in [0.05, 0.1) is 4.90 Å². The van der Waals surface area contributed by atoms with Gasteiger partial charge in [-0.2, -0.15) is 0 Å². The van der Waals surface area contributed by atoms with Crippen LogP contribution in [0.4, 0.5) is 0 Å². The Kier molecular flexibility index (Phi) is 5.43. The fourth-order valence-electron chi connectivity index (χ4n) is 2.59. The van der Waals surface area contributed by atoms with Crippen LogP contribution in [0.2, 0.25) is 0 Å². The standard InChI is InChI=1S/C18H20N2O5S/c1-14(21)20(12-15-5-3-2-4-6-15)10-9-19-26(22,23)16-7-8-17-18(11-16)25-13-24-17/h2-8,11,19H,9-10,12-13H2,1H3. The topological polar surface area (TPSA) is 84.9 Å². The molecular weight excluding hydrogens is 356 g/mol. The van der Waals surface area contributed by atoms with Crippen LogP contribution in [0.5, 0.6) is 11.5 Å². The summed E-state index contributed by atoms with van der Waals surface area (Å²) in [5, 5.41) is 0. The molecule has 0 unspecified atom stereocenters. The number of carbonyl (C=O) groups is 1. The van der Waals surface area contributed by atoms with Crippen LogP contribution in [0, 0.1) is 0 Å². The Morgan fingerprint density at radius 3 is 2.58 bits per heavy atom. The fraction of sp³-hybridized carbons (Fsp3) is 0.278. The Bertz CT molecular complexity index is 884. The summed E-state index contributed by atoms with van der Waals surface area (Å²) >= 11 is 0. The maximum Gasteiger partial charge on any atom is 0.240 e. The van der Waals surface area contributed by atoms with E-state index in [1.807, 2.05) is 30.3 Å². The third kappa shape index (κ3) is 4.33. The Morgan fingerprint density at radius 2 is 1.85 bits per heavy atom. The molecule has 0 spiro atoms. The molecule has 0 radical (unpaired) electrons. The van der Waals surface area contributed by atoms with Crippen molar-refractivity contribution >= 4 is 15.9 Å². The molecule has 1 aliphatic rings. The van der Waals surface area contributed by atoms with Gasteiger partial charge in [0.1, 0.15) is 0 Å². The van der Waals surface area contributed by atoms with Gasteiger partial charge < -0.3 is 14.4 Å². The first-order chi connectivity index (χ1) is 12.5. The van der Waals surface area contributed by atoms with Crippen molar-refractivity contribution in [1.29, 1.82) is 0 Å². The highest BCUT2D eigenvalue weighted by Gasteiger charge is 2.20. The largest absolute Gasteiger partial charge is 0.454 e. The van der Waals surface area contributed by atoms with Crippen LogP contribution in [0.15, 0.2) is 53.4 Å². The zero-order valence-corrected chi connectivity index (χ0v) is 15.2. The van der Waals surface area contributed by atoms with E-state index in [0.29, 0.717) is 18.0 Å². The molecule has 0 bridgehead atoms. The summed E-state index contributed by atoms with van der Waals surface area (Å²) in [6, 6.07) is 14.0. The zero-order valence-electron chi connectivity index (χ0n) is 14.3. The van der Waals surface area contributed by atoms with E-state index in [9.17, 15) is 13.2 Å². The normalized spacial score (nSPS) is 12.8. The molecule has 2 aromatic carbocycles. The van der Waals surface area contributed by atoms with E-state index in [-0.39, 0.29) is 30.7 Å². The third-order valence-corrected chi connectivity index (χ3v) is 5.45. The molecule has 0 aliphatic carbocycles. The number of amides is 1. The summed E-state index contributed by atoms with van der Waals surface area (Å²) in [6.07, 6.45) is 0. The first kappa shape index (κ1) is 18.2. The van der Waals surface area contributed by atoms with Gasteiger partial charge in [-0.15, -0.1) is 0 Å². The highest BCUT2D eigenvalue weighted by molar-refractivity contribution is 7.89. The number of hydrogen-bond acceptors (Lipinski definition) is 5. The number of sulfonamides is 1. The van der Waals surface area contributed by atoms with Gasteiger partial charge in [0, 0.05) is 32.6 Å². The molecule has 0 atom stereocenters. The van der Waals surface area contributed by atoms with Gasteiger partial charge in [-0.25, -0.2) is 13.1 Å². The molecule has 1 N–H and O–H groups in total. The Labute approximate surface area is 152 Å². The minimum Gasteiger partial charge on any atom is -0.454 e. The number of hydrogen-bond donors (Lipinski definition) is 1. The summed E-state index contributed by atoms with van der Waals surface area (Å²) in [7, 11) is -3.70. The summed E-state index contributed by atoms with van der Waals surface area (Å²) < 4.78 is 37.8. The number of fused-ring (bicyclic) bond motifs is 1. The van der Waals surface area contributed by atoms with Crippen LogP contribution < -0.4 is 14.2 Å². The Hall–Kier alpha value is -2.58. The van der Waals surface area contributed by atoms with Crippen LogP contribution in [-0.2, 0) is 21.4 Å². The van der Waals surface area contributed by atoms with E-state index < -0.39 is 10.0 Å². The molecule has 1 aliphatic heterocycles. The van der Waals surface area contributed by atoms with Crippen LogP contribution in [0.3, 0.4) is 0 Å². The molecule has 8 heteroatoms. The lowest BCUT2D eigenvalue weighted by atomic mass is 10.2. The van der Waals surface area contributed by atoms with E-state index in [2.05, 4.69) is 4.72 Å². The molecule has 1 amide bonds. The average Bonchev–Trinajstić information content (AvgIpc) is 3.09. The van der Waals surface area contributed by atoms with E-state index >= 15 is 0 Å². The second-order valence-corrected chi connectivity index (χ2v) is 7.61. The van der Waals surface area contributed by atoms with Crippen molar-refractivity contribution in [3.05, 3.63) is 54.1 Å². The molecule has 1 heterocycles. The summed E-state index contributed by atoms with van der Waals surface area (Å²) in [6.45, 7) is 2.37. The molecule has 0 saturated heterocycles. The molecule has 2 aromatic rings. The SMILES string of the molecule is CC(=O)N(CCNS(=O)(=O)c1ccc2c(c1)OCO2)Cc1ccccc1.